The third-order valence-electron chi connectivity index (χ3n) is 3.09. The smallest absolute Gasteiger partial charge is 0.221 e. The first-order valence-corrected chi connectivity index (χ1v) is 6.05. The van der Waals surface area contributed by atoms with E-state index in [0.717, 1.165) is 31.7 Å². The summed E-state index contributed by atoms with van der Waals surface area (Å²) >= 11 is 0. The van der Waals surface area contributed by atoms with E-state index in [0.29, 0.717) is 6.42 Å². The normalized spacial score (nSPS) is 19.5. The summed E-state index contributed by atoms with van der Waals surface area (Å²) < 4.78 is 0. The average Bonchev–Trinajstić information content (AvgIpc) is 2.56. The van der Waals surface area contributed by atoms with Gasteiger partial charge in [-0.2, -0.15) is 0 Å². The van der Waals surface area contributed by atoms with Gasteiger partial charge in [0.1, 0.15) is 0 Å². The van der Waals surface area contributed by atoms with Gasteiger partial charge in [0.2, 0.25) is 5.91 Å². The van der Waals surface area contributed by atoms with Crippen molar-refractivity contribution in [2.75, 3.05) is 26.2 Å². The molecule has 1 heterocycles. The zero-order chi connectivity index (χ0) is 12.1. The summed E-state index contributed by atoms with van der Waals surface area (Å²) in [5, 5.41) is 2.87. The van der Waals surface area contributed by atoms with E-state index < -0.39 is 0 Å². The number of nitrogens with zero attached hydrogens (tertiary/aromatic N) is 1. The fraction of sp³-hybridized carbons (Fsp3) is 0.462. The highest BCUT2D eigenvalue weighted by Crippen LogP contribution is 2.11. The fourth-order valence-corrected chi connectivity index (χ4v) is 2.08. The molecule has 0 bridgehead atoms. The summed E-state index contributed by atoms with van der Waals surface area (Å²) in [5.74, 6) is 0.140. The van der Waals surface area contributed by atoms with Gasteiger partial charge < -0.3 is 11.1 Å². The molecule has 4 heteroatoms. The molecule has 1 aliphatic heterocycles. The summed E-state index contributed by atoms with van der Waals surface area (Å²) in [7, 11) is 0. The van der Waals surface area contributed by atoms with Crippen LogP contribution in [0.4, 0.5) is 0 Å². The molecule has 1 aromatic rings. The summed E-state index contributed by atoms with van der Waals surface area (Å²) in [6.07, 6.45) is 0.571. The Morgan fingerprint density at radius 2 is 2.06 bits per heavy atom. The maximum atomic E-state index is 11.2. The van der Waals surface area contributed by atoms with Gasteiger partial charge in [0, 0.05) is 38.6 Å². The second-order valence-corrected chi connectivity index (χ2v) is 4.42. The van der Waals surface area contributed by atoms with Gasteiger partial charge in [-0.25, -0.2) is 0 Å². The van der Waals surface area contributed by atoms with E-state index in [9.17, 15) is 4.79 Å². The lowest BCUT2D eigenvalue weighted by Crippen LogP contribution is -2.34. The Morgan fingerprint density at radius 3 is 2.82 bits per heavy atom. The molecule has 1 atom stereocenters. The molecule has 0 radical (unpaired) electrons. The van der Waals surface area contributed by atoms with Gasteiger partial charge in [0.05, 0.1) is 0 Å². The molecule has 1 aromatic carbocycles. The topological polar surface area (TPSA) is 58.4 Å². The van der Waals surface area contributed by atoms with Crippen molar-refractivity contribution < 1.29 is 4.79 Å². The summed E-state index contributed by atoms with van der Waals surface area (Å²) in [5.41, 5.74) is 7.31. The molecule has 2 rings (SSSR count). The third-order valence-corrected chi connectivity index (χ3v) is 3.09. The van der Waals surface area contributed by atoms with E-state index >= 15 is 0 Å². The number of rotatable bonds is 3. The molecule has 0 aromatic heterocycles. The summed E-state index contributed by atoms with van der Waals surface area (Å²) in [6, 6.07) is 10.1. The quantitative estimate of drug-likeness (QED) is 0.799. The minimum atomic E-state index is 0.0180. The number of nitrogens with two attached hydrogens (primary N) is 1. The monoisotopic (exact) mass is 233 g/mol. The maximum absolute atomic E-state index is 11.2. The van der Waals surface area contributed by atoms with Gasteiger partial charge in [0.25, 0.3) is 0 Å². The fourth-order valence-electron chi connectivity index (χ4n) is 2.08. The lowest BCUT2D eigenvalue weighted by atomic mass is 10.1. The van der Waals surface area contributed by atoms with Crippen molar-refractivity contribution in [3.05, 3.63) is 35.9 Å². The molecular formula is C13H19N3O. The van der Waals surface area contributed by atoms with Crippen molar-refractivity contribution in [3.63, 3.8) is 0 Å². The van der Waals surface area contributed by atoms with Crippen molar-refractivity contribution in [1.82, 2.24) is 10.2 Å². The minimum Gasteiger partial charge on any atom is -0.355 e. The highest BCUT2D eigenvalue weighted by Gasteiger charge is 2.16. The first kappa shape index (κ1) is 12.1. The molecule has 0 saturated carbocycles. The lowest BCUT2D eigenvalue weighted by Gasteiger charge is -2.23. The van der Waals surface area contributed by atoms with Crippen LogP contribution in [0.3, 0.4) is 0 Å². The number of hydrogen-bond acceptors (Lipinski definition) is 3. The van der Waals surface area contributed by atoms with Crippen molar-refractivity contribution in [1.29, 1.82) is 0 Å². The molecule has 0 aliphatic carbocycles. The van der Waals surface area contributed by atoms with Gasteiger partial charge >= 0.3 is 0 Å². The maximum Gasteiger partial charge on any atom is 0.221 e. The van der Waals surface area contributed by atoms with Crippen LogP contribution in [0, 0.1) is 0 Å². The van der Waals surface area contributed by atoms with Crippen LogP contribution in [-0.2, 0) is 4.79 Å². The standard InChI is InChI=1S/C13H19N3O/c14-12(11-4-2-1-3-5-11)10-16-8-6-13(17)15-7-9-16/h1-5,12H,6-10,14H2,(H,15,17). The molecule has 3 N–H and O–H groups in total. The average molecular weight is 233 g/mol. The first-order chi connectivity index (χ1) is 8.25. The molecule has 1 aliphatic rings. The van der Waals surface area contributed by atoms with E-state index in [4.69, 9.17) is 5.73 Å². The van der Waals surface area contributed by atoms with Crippen LogP contribution in [0.2, 0.25) is 0 Å². The molecule has 17 heavy (non-hydrogen) atoms. The molecule has 1 fully saturated rings. The van der Waals surface area contributed by atoms with E-state index in [1.165, 1.54) is 0 Å². The van der Waals surface area contributed by atoms with E-state index in [1.54, 1.807) is 0 Å². The van der Waals surface area contributed by atoms with Gasteiger partial charge in [0.15, 0.2) is 0 Å². The van der Waals surface area contributed by atoms with Crippen molar-refractivity contribution >= 4 is 5.91 Å². The zero-order valence-electron chi connectivity index (χ0n) is 9.93. The summed E-state index contributed by atoms with van der Waals surface area (Å²) in [4.78, 5) is 13.5. The predicted octanol–water partition coefficient (Wildman–Crippen LogP) is 0.508. The molecule has 0 spiro atoms. The predicted molar refractivity (Wildman–Crippen MR) is 67.4 cm³/mol. The van der Waals surface area contributed by atoms with Crippen molar-refractivity contribution in [2.24, 2.45) is 5.73 Å². The van der Waals surface area contributed by atoms with Crippen LogP contribution < -0.4 is 11.1 Å². The molecule has 4 nitrogen and oxygen atoms in total. The number of nitrogens with one attached hydrogen (secondary N) is 1. The van der Waals surface area contributed by atoms with Crippen LogP contribution >= 0.6 is 0 Å². The lowest BCUT2D eigenvalue weighted by molar-refractivity contribution is -0.120. The Bertz CT molecular complexity index is 366. The van der Waals surface area contributed by atoms with Crippen molar-refractivity contribution in [2.45, 2.75) is 12.5 Å². The number of hydrogen-bond donors (Lipinski definition) is 2. The number of carbonyl (C=O) groups excluding carboxylic acids is 1. The third kappa shape index (κ3) is 3.54. The Balaban J connectivity index is 1.90. The Hall–Kier alpha value is -1.39. The minimum absolute atomic E-state index is 0.0180. The second-order valence-electron chi connectivity index (χ2n) is 4.42. The Labute approximate surface area is 102 Å². The zero-order valence-corrected chi connectivity index (χ0v) is 9.93. The Kier molecular flexibility index (Phi) is 4.12. The van der Waals surface area contributed by atoms with Gasteiger partial charge in [-0.05, 0) is 5.56 Å². The first-order valence-electron chi connectivity index (χ1n) is 6.05. The molecule has 1 saturated heterocycles. The highest BCUT2D eigenvalue weighted by atomic mass is 16.1. The van der Waals surface area contributed by atoms with E-state index in [2.05, 4.69) is 10.2 Å². The van der Waals surface area contributed by atoms with Crippen LogP contribution in [0.5, 0.6) is 0 Å². The summed E-state index contributed by atoms with van der Waals surface area (Å²) in [6.45, 7) is 3.21. The van der Waals surface area contributed by atoms with Crippen LogP contribution in [0.25, 0.3) is 0 Å². The highest BCUT2D eigenvalue weighted by molar-refractivity contribution is 5.76. The molecule has 92 valence electrons. The SMILES string of the molecule is NC(CN1CCNC(=O)CC1)c1ccccc1. The number of benzene rings is 1. The van der Waals surface area contributed by atoms with Gasteiger partial charge in [-0.1, -0.05) is 30.3 Å². The van der Waals surface area contributed by atoms with E-state index in [-0.39, 0.29) is 11.9 Å². The van der Waals surface area contributed by atoms with Gasteiger partial charge in [-0.15, -0.1) is 0 Å². The van der Waals surface area contributed by atoms with Gasteiger partial charge in [-0.3, -0.25) is 9.69 Å². The van der Waals surface area contributed by atoms with Crippen molar-refractivity contribution in [3.8, 4) is 0 Å². The number of carbonyl (C=O) groups is 1. The second kappa shape index (κ2) is 5.80. The molecule has 1 unspecified atom stereocenters. The Morgan fingerprint density at radius 1 is 1.29 bits per heavy atom. The van der Waals surface area contributed by atoms with Crippen LogP contribution in [-0.4, -0.2) is 37.0 Å². The number of amides is 1. The van der Waals surface area contributed by atoms with Crippen LogP contribution in [0.1, 0.15) is 18.0 Å². The molecular weight excluding hydrogens is 214 g/mol. The largest absolute Gasteiger partial charge is 0.355 e. The van der Waals surface area contributed by atoms with Crippen LogP contribution in [0.15, 0.2) is 30.3 Å². The van der Waals surface area contributed by atoms with E-state index in [1.807, 2.05) is 30.3 Å². The molecule has 1 amide bonds.